The molecule has 0 aromatic heterocycles. The molecular formula is C11H18N2O4. The Labute approximate surface area is 100 Å². The molecule has 6 heteroatoms. The number of rotatable bonds is 5. The molecule has 0 radical (unpaired) electrons. The van der Waals surface area contributed by atoms with E-state index < -0.39 is 17.9 Å². The predicted octanol–water partition coefficient (Wildman–Crippen LogP) is 1.03. The van der Waals surface area contributed by atoms with Crippen molar-refractivity contribution in [3.63, 3.8) is 0 Å². The first-order valence-electron chi connectivity index (χ1n) is 5.40. The smallest absolute Gasteiger partial charge is 0.331 e. The molecule has 0 saturated carbocycles. The van der Waals surface area contributed by atoms with E-state index in [1.165, 1.54) is 13.8 Å². The van der Waals surface area contributed by atoms with Gasteiger partial charge in [0.05, 0.1) is 0 Å². The van der Waals surface area contributed by atoms with Gasteiger partial charge in [-0.25, -0.2) is 9.59 Å². The highest BCUT2D eigenvalue weighted by Gasteiger charge is 2.14. The molecule has 0 aliphatic carbocycles. The molecule has 0 aliphatic heterocycles. The van der Waals surface area contributed by atoms with E-state index >= 15 is 0 Å². The van der Waals surface area contributed by atoms with Crippen LogP contribution in [0.15, 0.2) is 11.1 Å². The fourth-order valence-corrected chi connectivity index (χ4v) is 0.950. The fraction of sp³-hybridized carbons (Fsp3) is 0.545. The summed E-state index contributed by atoms with van der Waals surface area (Å²) >= 11 is 0. The standard InChI is InChI=1S/C11H18N2O4/c1-4-5-6-12-11(17)13-9(14)7(2)8(3)10(15)16/h4-6H2,1-3H3,(H,15,16)(H2,12,13,14,17). The van der Waals surface area contributed by atoms with Crippen LogP contribution < -0.4 is 10.6 Å². The molecule has 17 heavy (non-hydrogen) atoms. The van der Waals surface area contributed by atoms with Crippen molar-refractivity contribution in [2.24, 2.45) is 0 Å². The summed E-state index contributed by atoms with van der Waals surface area (Å²) in [4.78, 5) is 33.3. The largest absolute Gasteiger partial charge is 0.478 e. The van der Waals surface area contributed by atoms with E-state index in [4.69, 9.17) is 5.11 Å². The molecule has 0 unspecified atom stereocenters. The quantitative estimate of drug-likeness (QED) is 0.495. The van der Waals surface area contributed by atoms with Crippen molar-refractivity contribution in [2.75, 3.05) is 6.54 Å². The predicted molar refractivity (Wildman–Crippen MR) is 62.5 cm³/mol. The Balaban J connectivity index is 4.31. The van der Waals surface area contributed by atoms with Gasteiger partial charge >= 0.3 is 12.0 Å². The van der Waals surface area contributed by atoms with Gasteiger partial charge in [0.25, 0.3) is 5.91 Å². The second-order valence-corrected chi connectivity index (χ2v) is 3.62. The van der Waals surface area contributed by atoms with Crippen LogP contribution in [0.3, 0.4) is 0 Å². The maximum absolute atomic E-state index is 11.4. The third-order valence-corrected chi connectivity index (χ3v) is 2.27. The Bertz CT molecular complexity index is 347. The molecule has 0 bridgehead atoms. The number of amides is 3. The Morgan fingerprint density at radius 1 is 1.12 bits per heavy atom. The molecule has 6 nitrogen and oxygen atoms in total. The zero-order chi connectivity index (χ0) is 13.4. The molecule has 0 rings (SSSR count). The van der Waals surface area contributed by atoms with Crippen LogP contribution in [0, 0.1) is 0 Å². The van der Waals surface area contributed by atoms with Gasteiger partial charge in [0.1, 0.15) is 0 Å². The maximum atomic E-state index is 11.4. The highest BCUT2D eigenvalue weighted by atomic mass is 16.4. The summed E-state index contributed by atoms with van der Waals surface area (Å²) in [5, 5.41) is 13.2. The number of nitrogens with one attached hydrogen (secondary N) is 2. The van der Waals surface area contributed by atoms with Crippen LogP contribution in [0.25, 0.3) is 0 Å². The number of carbonyl (C=O) groups excluding carboxylic acids is 2. The van der Waals surface area contributed by atoms with Crippen molar-refractivity contribution >= 4 is 17.9 Å². The van der Waals surface area contributed by atoms with Crippen LogP contribution in [0.2, 0.25) is 0 Å². The van der Waals surface area contributed by atoms with Gasteiger partial charge in [-0.05, 0) is 20.3 Å². The van der Waals surface area contributed by atoms with Gasteiger partial charge in [0, 0.05) is 17.7 Å². The van der Waals surface area contributed by atoms with Crippen molar-refractivity contribution in [1.82, 2.24) is 10.6 Å². The third-order valence-electron chi connectivity index (χ3n) is 2.27. The first-order valence-corrected chi connectivity index (χ1v) is 5.40. The van der Waals surface area contributed by atoms with Crippen molar-refractivity contribution in [1.29, 1.82) is 0 Å². The molecule has 0 aromatic rings. The number of carbonyl (C=O) groups is 3. The lowest BCUT2D eigenvalue weighted by Gasteiger charge is -2.07. The number of hydrogen-bond acceptors (Lipinski definition) is 3. The second kappa shape index (κ2) is 7.43. The molecule has 0 atom stereocenters. The van der Waals surface area contributed by atoms with Crippen LogP contribution in [-0.4, -0.2) is 29.6 Å². The van der Waals surface area contributed by atoms with Crippen LogP contribution >= 0.6 is 0 Å². The summed E-state index contributed by atoms with van der Waals surface area (Å²) in [6.07, 6.45) is 1.76. The van der Waals surface area contributed by atoms with Crippen molar-refractivity contribution in [3.05, 3.63) is 11.1 Å². The van der Waals surface area contributed by atoms with E-state index in [0.29, 0.717) is 6.54 Å². The van der Waals surface area contributed by atoms with Gasteiger partial charge < -0.3 is 10.4 Å². The highest BCUT2D eigenvalue weighted by molar-refractivity contribution is 6.07. The molecule has 0 heterocycles. The van der Waals surface area contributed by atoms with Gasteiger partial charge in [0.2, 0.25) is 0 Å². The van der Waals surface area contributed by atoms with E-state index in [9.17, 15) is 14.4 Å². The topological polar surface area (TPSA) is 95.5 Å². The number of carboxylic acid groups (broad SMARTS) is 1. The van der Waals surface area contributed by atoms with Gasteiger partial charge in [-0.2, -0.15) is 0 Å². The van der Waals surface area contributed by atoms with Crippen LogP contribution in [0.1, 0.15) is 33.6 Å². The lowest BCUT2D eigenvalue weighted by atomic mass is 10.1. The summed E-state index contributed by atoms with van der Waals surface area (Å²) < 4.78 is 0. The average molecular weight is 242 g/mol. The van der Waals surface area contributed by atoms with Crippen LogP contribution in [-0.2, 0) is 9.59 Å². The van der Waals surface area contributed by atoms with Crippen LogP contribution in [0.4, 0.5) is 4.79 Å². The SMILES string of the molecule is CCCCNC(=O)NC(=O)C(C)=C(C)C(=O)O. The Kier molecular flexibility index (Phi) is 6.62. The van der Waals surface area contributed by atoms with Crippen molar-refractivity contribution < 1.29 is 19.5 Å². The van der Waals surface area contributed by atoms with Gasteiger partial charge in [0.15, 0.2) is 0 Å². The van der Waals surface area contributed by atoms with Crippen LogP contribution in [0.5, 0.6) is 0 Å². The zero-order valence-corrected chi connectivity index (χ0v) is 10.3. The summed E-state index contributed by atoms with van der Waals surface area (Å²) in [7, 11) is 0. The number of carboxylic acids is 1. The summed E-state index contributed by atoms with van der Waals surface area (Å²) in [6, 6.07) is -0.610. The second-order valence-electron chi connectivity index (χ2n) is 3.62. The van der Waals surface area contributed by atoms with E-state index in [2.05, 4.69) is 10.6 Å². The lowest BCUT2D eigenvalue weighted by molar-refractivity contribution is -0.133. The first kappa shape index (κ1) is 15.2. The fourth-order valence-electron chi connectivity index (χ4n) is 0.950. The Hall–Kier alpha value is -1.85. The molecule has 3 amide bonds. The molecule has 0 aliphatic rings. The Morgan fingerprint density at radius 3 is 2.18 bits per heavy atom. The normalized spacial score (nSPS) is 11.5. The maximum Gasteiger partial charge on any atom is 0.331 e. The van der Waals surface area contributed by atoms with Crippen molar-refractivity contribution in [2.45, 2.75) is 33.6 Å². The molecular weight excluding hydrogens is 224 g/mol. The number of imide groups is 1. The molecule has 0 fully saturated rings. The minimum absolute atomic E-state index is 0.0168. The summed E-state index contributed by atoms with van der Waals surface area (Å²) in [6.45, 7) is 5.13. The van der Waals surface area contributed by atoms with E-state index in [1.54, 1.807) is 0 Å². The van der Waals surface area contributed by atoms with E-state index in [-0.39, 0.29) is 11.1 Å². The van der Waals surface area contributed by atoms with Crippen molar-refractivity contribution in [3.8, 4) is 0 Å². The minimum Gasteiger partial charge on any atom is -0.478 e. The zero-order valence-electron chi connectivity index (χ0n) is 10.3. The number of aliphatic carboxylic acids is 1. The van der Waals surface area contributed by atoms with E-state index in [1.807, 2.05) is 6.92 Å². The van der Waals surface area contributed by atoms with Gasteiger partial charge in [-0.3, -0.25) is 10.1 Å². The van der Waals surface area contributed by atoms with Gasteiger partial charge in [-0.15, -0.1) is 0 Å². The van der Waals surface area contributed by atoms with Gasteiger partial charge in [-0.1, -0.05) is 13.3 Å². The summed E-state index contributed by atoms with van der Waals surface area (Å²) in [5.41, 5.74) is -0.0630. The monoisotopic (exact) mass is 242 g/mol. The molecule has 0 spiro atoms. The Morgan fingerprint density at radius 2 is 1.71 bits per heavy atom. The molecule has 96 valence electrons. The molecule has 0 saturated heterocycles. The van der Waals surface area contributed by atoms with E-state index in [0.717, 1.165) is 12.8 Å². The highest BCUT2D eigenvalue weighted by Crippen LogP contribution is 2.03. The minimum atomic E-state index is -1.18. The number of unbranched alkanes of at least 4 members (excludes halogenated alkanes) is 1. The first-order chi connectivity index (χ1) is 7.90. The average Bonchev–Trinajstić information content (AvgIpc) is 2.27. The lowest BCUT2D eigenvalue weighted by Crippen LogP contribution is -2.40. The molecule has 0 aromatic carbocycles. The number of hydrogen-bond donors (Lipinski definition) is 3. The molecule has 3 N–H and O–H groups in total. The number of urea groups is 1. The third kappa shape index (κ3) is 5.70. The summed E-state index contributed by atoms with van der Waals surface area (Å²) in [5.74, 6) is -1.87.